The standard InChI is InChI=1S/C23H21N3O5S2/c1-12-17-21(25-16-8-5-9-26(16)22(17)27)33-19(12)23(28)31-10-13-11-32-20(24-13)14-6-4-7-15(29-2)18(14)30-3/h4,6-7,11H,5,8-10H2,1-3H3. The van der Waals surface area contributed by atoms with Gasteiger partial charge in [0.1, 0.15) is 27.1 Å². The lowest BCUT2D eigenvalue weighted by molar-refractivity contribution is 0.0473. The van der Waals surface area contributed by atoms with Crippen molar-refractivity contribution in [3.63, 3.8) is 0 Å². The average molecular weight is 484 g/mol. The monoisotopic (exact) mass is 483 g/mol. The number of nitrogens with zero attached hydrogens (tertiary/aromatic N) is 3. The highest BCUT2D eigenvalue weighted by Crippen LogP contribution is 2.39. The van der Waals surface area contributed by atoms with Gasteiger partial charge in [-0.25, -0.2) is 14.8 Å². The number of rotatable bonds is 6. The number of fused-ring (bicyclic) bond motifs is 2. The number of thiophene rings is 1. The van der Waals surface area contributed by atoms with Crippen molar-refractivity contribution >= 4 is 38.9 Å². The summed E-state index contributed by atoms with van der Waals surface area (Å²) in [5.74, 6) is 1.53. The molecule has 1 aliphatic heterocycles. The number of carbonyl (C=O) groups is 1. The van der Waals surface area contributed by atoms with E-state index < -0.39 is 5.97 Å². The average Bonchev–Trinajstić information content (AvgIpc) is 3.56. The van der Waals surface area contributed by atoms with Gasteiger partial charge in [0.05, 0.1) is 30.9 Å². The lowest BCUT2D eigenvalue weighted by Crippen LogP contribution is -2.20. The van der Waals surface area contributed by atoms with E-state index in [4.69, 9.17) is 14.2 Å². The highest BCUT2D eigenvalue weighted by atomic mass is 32.1. The molecule has 5 rings (SSSR count). The molecule has 0 bridgehead atoms. The quantitative estimate of drug-likeness (QED) is 0.379. The summed E-state index contributed by atoms with van der Waals surface area (Å²) in [7, 11) is 3.17. The van der Waals surface area contributed by atoms with Crippen molar-refractivity contribution in [1.29, 1.82) is 0 Å². The summed E-state index contributed by atoms with van der Waals surface area (Å²) in [5.41, 5.74) is 1.99. The van der Waals surface area contributed by atoms with Crippen LogP contribution in [-0.4, -0.2) is 34.7 Å². The first-order chi connectivity index (χ1) is 16.0. The molecule has 0 radical (unpaired) electrons. The molecule has 0 atom stereocenters. The maximum Gasteiger partial charge on any atom is 0.349 e. The molecule has 8 nitrogen and oxygen atoms in total. The van der Waals surface area contributed by atoms with Crippen LogP contribution in [0.4, 0.5) is 0 Å². The van der Waals surface area contributed by atoms with Crippen LogP contribution in [0.2, 0.25) is 0 Å². The van der Waals surface area contributed by atoms with Crippen molar-refractivity contribution in [2.45, 2.75) is 32.9 Å². The molecule has 0 aliphatic carbocycles. The smallest absolute Gasteiger partial charge is 0.349 e. The second-order valence-corrected chi connectivity index (χ2v) is 9.44. The third kappa shape index (κ3) is 3.68. The van der Waals surface area contributed by atoms with Crippen molar-refractivity contribution in [2.24, 2.45) is 0 Å². The molecule has 0 amide bonds. The zero-order valence-corrected chi connectivity index (χ0v) is 20.0. The predicted molar refractivity (Wildman–Crippen MR) is 127 cm³/mol. The highest BCUT2D eigenvalue weighted by molar-refractivity contribution is 7.20. The van der Waals surface area contributed by atoms with Crippen molar-refractivity contribution in [3.05, 3.63) is 55.9 Å². The molecule has 0 saturated heterocycles. The van der Waals surface area contributed by atoms with Crippen LogP contribution in [0.5, 0.6) is 11.5 Å². The van der Waals surface area contributed by atoms with Crippen LogP contribution in [0.25, 0.3) is 20.8 Å². The minimum Gasteiger partial charge on any atom is -0.493 e. The molecule has 0 saturated carbocycles. The van der Waals surface area contributed by atoms with Gasteiger partial charge in [0.15, 0.2) is 11.5 Å². The number of hydrogen-bond acceptors (Lipinski definition) is 9. The maximum atomic E-state index is 12.8. The minimum atomic E-state index is -0.478. The lowest BCUT2D eigenvalue weighted by atomic mass is 10.2. The predicted octanol–water partition coefficient (Wildman–Crippen LogP) is 4.21. The Hall–Kier alpha value is -3.24. The van der Waals surface area contributed by atoms with Gasteiger partial charge in [0.2, 0.25) is 0 Å². The Balaban J connectivity index is 1.36. The summed E-state index contributed by atoms with van der Waals surface area (Å²) in [6.07, 6.45) is 1.71. The van der Waals surface area contributed by atoms with Gasteiger partial charge in [0.25, 0.3) is 5.56 Å². The molecular weight excluding hydrogens is 462 g/mol. The Morgan fingerprint density at radius 3 is 2.85 bits per heavy atom. The number of thiazole rings is 1. The summed E-state index contributed by atoms with van der Waals surface area (Å²) in [5, 5.41) is 3.10. The van der Waals surface area contributed by atoms with Gasteiger partial charge in [-0.3, -0.25) is 9.36 Å². The van der Waals surface area contributed by atoms with Crippen LogP contribution in [-0.2, 0) is 24.3 Å². The molecule has 1 aromatic carbocycles. The molecule has 0 spiro atoms. The van der Waals surface area contributed by atoms with E-state index in [2.05, 4.69) is 9.97 Å². The molecule has 0 unspecified atom stereocenters. The Kier molecular flexibility index (Phi) is 5.63. The third-order valence-electron chi connectivity index (χ3n) is 5.63. The van der Waals surface area contributed by atoms with Crippen molar-refractivity contribution < 1.29 is 19.0 Å². The van der Waals surface area contributed by atoms with Gasteiger partial charge < -0.3 is 14.2 Å². The fourth-order valence-corrected chi connectivity index (χ4v) is 5.94. The van der Waals surface area contributed by atoms with Crippen molar-refractivity contribution in [3.8, 4) is 22.1 Å². The van der Waals surface area contributed by atoms with Gasteiger partial charge in [-0.2, -0.15) is 0 Å². The first-order valence-electron chi connectivity index (χ1n) is 10.4. The lowest BCUT2D eigenvalue weighted by Gasteiger charge is -2.10. The third-order valence-corrected chi connectivity index (χ3v) is 7.72. The van der Waals surface area contributed by atoms with E-state index in [1.165, 1.54) is 22.7 Å². The van der Waals surface area contributed by atoms with E-state index in [0.717, 1.165) is 29.2 Å². The number of ether oxygens (including phenoxy) is 3. The fourth-order valence-electron chi connectivity index (χ4n) is 4.03. The van der Waals surface area contributed by atoms with E-state index in [1.54, 1.807) is 25.7 Å². The highest BCUT2D eigenvalue weighted by Gasteiger charge is 2.24. The Morgan fingerprint density at radius 1 is 1.21 bits per heavy atom. The van der Waals surface area contributed by atoms with E-state index in [1.807, 2.05) is 23.6 Å². The zero-order valence-electron chi connectivity index (χ0n) is 18.3. The topological polar surface area (TPSA) is 92.5 Å². The number of benzene rings is 1. The van der Waals surface area contributed by atoms with E-state index in [9.17, 15) is 9.59 Å². The summed E-state index contributed by atoms with van der Waals surface area (Å²) in [6, 6.07) is 5.59. The second kappa shape index (κ2) is 8.60. The molecule has 10 heteroatoms. The van der Waals surface area contributed by atoms with Gasteiger partial charge in [-0.05, 0) is 31.0 Å². The number of aryl methyl sites for hydroxylation is 2. The molecule has 0 fully saturated rings. The van der Waals surface area contributed by atoms with Gasteiger partial charge in [-0.15, -0.1) is 22.7 Å². The van der Waals surface area contributed by atoms with E-state index >= 15 is 0 Å². The van der Waals surface area contributed by atoms with Crippen molar-refractivity contribution in [1.82, 2.24) is 14.5 Å². The van der Waals surface area contributed by atoms with Crippen LogP contribution in [0, 0.1) is 6.92 Å². The molecule has 3 aromatic heterocycles. The number of esters is 1. The molecular formula is C23H21N3O5S2. The Labute approximate surface area is 197 Å². The van der Waals surface area contributed by atoms with Crippen LogP contribution in [0.15, 0.2) is 28.4 Å². The molecule has 170 valence electrons. The van der Waals surface area contributed by atoms with E-state index in [-0.39, 0.29) is 12.2 Å². The minimum absolute atomic E-state index is 0.0260. The first kappa shape index (κ1) is 21.6. The molecule has 33 heavy (non-hydrogen) atoms. The first-order valence-corrected chi connectivity index (χ1v) is 12.1. The van der Waals surface area contributed by atoms with Crippen LogP contribution >= 0.6 is 22.7 Å². The van der Waals surface area contributed by atoms with Crippen LogP contribution < -0.4 is 15.0 Å². The van der Waals surface area contributed by atoms with Gasteiger partial charge in [0, 0.05) is 18.3 Å². The van der Waals surface area contributed by atoms with Gasteiger partial charge in [-0.1, -0.05) is 6.07 Å². The Morgan fingerprint density at radius 2 is 2.06 bits per heavy atom. The Bertz CT molecular complexity index is 1440. The summed E-state index contributed by atoms with van der Waals surface area (Å²) in [4.78, 5) is 35.9. The summed E-state index contributed by atoms with van der Waals surface area (Å²) >= 11 is 2.64. The molecule has 4 aromatic rings. The number of para-hydroxylation sites is 1. The van der Waals surface area contributed by atoms with Crippen LogP contribution in [0.1, 0.15) is 33.2 Å². The van der Waals surface area contributed by atoms with Crippen molar-refractivity contribution in [2.75, 3.05) is 14.2 Å². The number of hydrogen-bond donors (Lipinski definition) is 0. The summed E-state index contributed by atoms with van der Waals surface area (Å²) < 4.78 is 18.1. The zero-order chi connectivity index (χ0) is 23.1. The number of aromatic nitrogens is 3. The fraction of sp³-hybridized carbons (Fsp3) is 0.304. The molecule has 1 aliphatic rings. The van der Waals surface area contributed by atoms with E-state index in [0.29, 0.717) is 44.4 Å². The maximum absolute atomic E-state index is 12.8. The molecule has 0 N–H and O–H groups in total. The SMILES string of the molecule is COc1cccc(-c2nc(COC(=O)c3sc4nc5n(c(=O)c4c3C)CCC5)cs2)c1OC. The second-order valence-electron chi connectivity index (χ2n) is 7.59. The van der Waals surface area contributed by atoms with Crippen LogP contribution in [0.3, 0.4) is 0 Å². The largest absolute Gasteiger partial charge is 0.493 e. The normalized spacial score (nSPS) is 12.7. The number of carbonyl (C=O) groups excluding carboxylic acids is 1. The number of methoxy groups -OCH3 is 2. The molecule has 4 heterocycles. The summed E-state index contributed by atoms with van der Waals surface area (Å²) in [6.45, 7) is 2.48. The van der Waals surface area contributed by atoms with Gasteiger partial charge >= 0.3 is 5.97 Å².